The summed E-state index contributed by atoms with van der Waals surface area (Å²) in [7, 11) is 0. The van der Waals surface area contributed by atoms with Crippen LogP contribution in [0, 0.1) is 0 Å². The molecule has 2 aromatic rings. The molecule has 0 bridgehead atoms. The van der Waals surface area contributed by atoms with Gasteiger partial charge in [-0.1, -0.05) is 0 Å². The summed E-state index contributed by atoms with van der Waals surface area (Å²) in [6.45, 7) is 4.69. The molecule has 0 saturated carbocycles. The minimum atomic E-state index is -0.655. The van der Waals surface area contributed by atoms with Crippen LogP contribution in [0.1, 0.15) is 71.8 Å². The average molecular weight is 458 g/mol. The molecule has 0 amide bonds. The second kappa shape index (κ2) is 8.35. The van der Waals surface area contributed by atoms with Gasteiger partial charge in [-0.15, -0.1) is 0 Å². The molecule has 0 heterocycles. The van der Waals surface area contributed by atoms with E-state index < -0.39 is 23.2 Å². The van der Waals surface area contributed by atoms with E-state index in [0.29, 0.717) is 0 Å². The quantitative estimate of drug-likeness (QED) is 0.415. The van der Waals surface area contributed by atoms with Crippen molar-refractivity contribution >= 4 is 6.08 Å². The van der Waals surface area contributed by atoms with E-state index in [1.807, 2.05) is 0 Å². The van der Waals surface area contributed by atoms with Gasteiger partial charge in [0.15, 0.2) is 0 Å². The van der Waals surface area contributed by atoms with Gasteiger partial charge in [-0.3, -0.25) is 0 Å². The van der Waals surface area contributed by atoms with Crippen molar-refractivity contribution in [2.24, 2.45) is 0 Å². The first-order valence-corrected chi connectivity index (χ1v) is 14.0. The first kappa shape index (κ1) is 19.5. The summed E-state index contributed by atoms with van der Waals surface area (Å²) in [5.41, 5.74) is 12.7. The third-order valence-electron chi connectivity index (χ3n) is 6.77. The molecule has 1 heteroatoms. The van der Waals surface area contributed by atoms with Crippen molar-refractivity contribution in [3.8, 4) is 11.1 Å². The molecule has 146 valence electrons. The van der Waals surface area contributed by atoms with Crippen LogP contribution < -0.4 is 0 Å². The topological polar surface area (TPSA) is 0 Å². The maximum atomic E-state index is 2.61. The van der Waals surface area contributed by atoms with Crippen molar-refractivity contribution < 1.29 is 23.2 Å². The summed E-state index contributed by atoms with van der Waals surface area (Å²) in [6, 6.07) is 13.8. The zero-order valence-corrected chi connectivity index (χ0v) is 20.2. The number of allylic oxidation sites excluding steroid dienone is 5. The van der Waals surface area contributed by atoms with Crippen LogP contribution in [0.5, 0.6) is 0 Å². The van der Waals surface area contributed by atoms with Crippen molar-refractivity contribution in [2.45, 2.75) is 62.4 Å². The van der Waals surface area contributed by atoms with Gasteiger partial charge in [-0.25, -0.2) is 0 Å². The van der Waals surface area contributed by atoms with Crippen molar-refractivity contribution in [3.63, 3.8) is 0 Å². The van der Waals surface area contributed by atoms with Gasteiger partial charge in [0, 0.05) is 0 Å². The third-order valence-corrected chi connectivity index (χ3v) is 11.1. The molecule has 0 nitrogen and oxygen atoms in total. The summed E-state index contributed by atoms with van der Waals surface area (Å²) in [5, 5.41) is 0. The Morgan fingerprint density at radius 2 is 1.93 bits per heavy atom. The number of hydrogen-bond acceptors (Lipinski definition) is 0. The number of unbranched alkanes of at least 4 members (excludes halogenated alkanes) is 1. The normalized spacial score (nSPS) is 19.5. The molecule has 5 rings (SSSR count). The van der Waals surface area contributed by atoms with Gasteiger partial charge in [0.1, 0.15) is 0 Å². The number of fused-ring (bicyclic) bond motifs is 2. The van der Waals surface area contributed by atoms with Gasteiger partial charge in [0.2, 0.25) is 0 Å². The van der Waals surface area contributed by atoms with Crippen LogP contribution >= 0.6 is 0 Å². The van der Waals surface area contributed by atoms with Crippen molar-refractivity contribution in [1.82, 2.24) is 0 Å². The van der Waals surface area contributed by atoms with E-state index in [-0.39, 0.29) is 0 Å². The average Bonchev–Trinajstić information content (AvgIpc) is 3.45. The van der Waals surface area contributed by atoms with Gasteiger partial charge in [0.25, 0.3) is 0 Å². The molecule has 1 unspecified atom stereocenters. The Labute approximate surface area is 187 Å². The zero-order chi connectivity index (χ0) is 19.8. The molecule has 2 aromatic carbocycles. The summed E-state index contributed by atoms with van der Waals surface area (Å²) < 4.78 is 2.53. The molecular formula is C28H30Zr. The molecule has 0 fully saturated rings. The standard InChI is InChI=1S/C19H17.C9H13.Zr/c1-13-10-16-12-15-8-5-9-17(15)19(18(16)11-13)14-6-3-2-4-7-14;1-2-3-6-9-7-4-5-8-9;/h2-4,6-7,10-12H,5,8-9H2,1H3;7-8H,2-4,6H2,1H3;. The second-order valence-corrected chi connectivity index (χ2v) is 12.5. The van der Waals surface area contributed by atoms with Crippen molar-refractivity contribution in [2.75, 3.05) is 0 Å². The summed E-state index contributed by atoms with van der Waals surface area (Å²) in [6.07, 6.45) is 16.6. The third kappa shape index (κ3) is 3.72. The van der Waals surface area contributed by atoms with E-state index in [2.05, 4.69) is 68.5 Å². The second-order valence-electron chi connectivity index (χ2n) is 8.83. The Kier molecular flexibility index (Phi) is 5.62. The van der Waals surface area contributed by atoms with Gasteiger partial charge < -0.3 is 0 Å². The van der Waals surface area contributed by atoms with Gasteiger partial charge >= 0.3 is 188 Å². The molecule has 0 spiro atoms. The monoisotopic (exact) mass is 456 g/mol. The van der Waals surface area contributed by atoms with E-state index in [4.69, 9.17) is 0 Å². The van der Waals surface area contributed by atoms with E-state index in [1.165, 1.54) is 50.5 Å². The number of hydrogen-bond donors (Lipinski definition) is 0. The summed E-state index contributed by atoms with van der Waals surface area (Å²) >= 11 is -0.655. The molecule has 0 N–H and O–H groups in total. The Morgan fingerprint density at radius 1 is 1.07 bits per heavy atom. The van der Waals surface area contributed by atoms with Crippen LogP contribution in [0.25, 0.3) is 17.2 Å². The van der Waals surface area contributed by atoms with E-state index >= 15 is 0 Å². The molecule has 1 atom stereocenters. The first-order chi connectivity index (χ1) is 14.2. The number of benzene rings is 2. The zero-order valence-electron chi connectivity index (χ0n) is 17.7. The molecular weight excluding hydrogens is 428 g/mol. The maximum absolute atomic E-state index is 2.61. The molecule has 29 heavy (non-hydrogen) atoms. The molecule has 3 aliphatic carbocycles. The fraction of sp³-hybridized carbons (Fsp3) is 0.357. The predicted molar refractivity (Wildman–Crippen MR) is 121 cm³/mol. The van der Waals surface area contributed by atoms with Crippen molar-refractivity contribution in [1.29, 1.82) is 0 Å². The van der Waals surface area contributed by atoms with Gasteiger partial charge in [-0.2, -0.15) is 0 Å². The molecule has 0 aliphatic heterocycles. The van der Waals surface area contributed by atoms with E-state index in [1.54, 1.807) is 42.2 Å². The Morgan fingerprint density at radius 3 is 2.76 bits per heavy atom. The first-order valence-electron chi connectivity index (χ1n) is 11.3. The molecule has 0 aromatic heterocycles. The Hall–Kier alpha value is -1.46. The van der Waals surface area contributed by atoms with Crippen LogP contribution in [-0.4, -0.2) is 0 Å². The van der Waals surface area contributed by atoms with E-state index in [9.17, 15) is 0 Å². The SMILES string of the molecule is CCCCC1=CC[C]([Zr][CH]2C(C)=Cc3c2cc2c(c3-c3ccccc3)CCC2)=C1. The van der Waals surface area contributed by atoms with Gasteiger partial charge in [0.05, 0.1) is 0 Å². The minimum absolute atomic E-state index is 0.655. The fourth-order valence-electron chi connectivity index (χ4n) is 5.28. The van der Waals surface area contributed by atoms with Crippen LogP contribution in [-0.2, 0) is 36.1 Å². The number of aryl methyl sites for hydroxylation is 1. The summed E-state index contributed by atoms with van der Waals surface area (Å²) in [4.78, 5) is 0. The predicted octanol–water partition coefficient (Wildman–Crippen LogP) is 7.79. The van der Waals surface area contributed by atoms with Crippen LogP contribution in [0.3, 0.4) is 0 Å². The van der Waals surface area contributed by atoms with Crippen LogP contribution in [0.15, 0.2) is 63.0 Å². The Balaban J connectivity index is 1.50. The van der Waals surface area contributed by atoms with Crippen LogP contribution in [0.4, 0.5) is 0 Å². The van der Waals surface area contributed by atoms with Crippen LogP contribution in [0.2, 0.25) is 0 Å². The van der Waals surface area contributed by atoms with Gasteiger partial charge in [-0.05, 0) is 0 Å². The van der Waals surface area contributed by atoms with E-state index in [0.717, 1.165) is 3.63 Å². The summed E-state index contributed by atoms with van der Waals surface area (Å²) in [5.74, 6) is 0. The number of rotatable bonds is 6. The van der Waals surface area contributed by atoms with Crippen molar-refractivity contribution in [3.05, 3.63) is 85.2 Å². The Bertz CT molecular complexity index is 1020. The molecule has 0 radical (unpaired) electrons. The molecule has 0 saturated heterocycles. The fourth-order valence-corrected chi connectivity index (χ4v) is 9.13. The molecule has 3 aliphatic rings.